The van der Waals surface area contributed by atoms with E-state index >= 15 is 0 Å². The van der Waals surface area contributed by atoms with Gasteiger partial charge in [-0.25, -0.2) is 12.8 Å². The Labute approximate surface area is 134 Å². The van der Waals surface area contributed by atoms with Gasteiger partial charge in [-0.3, -0.25) is 4.31 Å². The average Bonchev–Trinajstić information content (AvgIpc) is 2.55. The topological polar surface area (TPSA) is 66.8 Å². The van der Waals surface area contributed by atoms with Crippen LogP contribution in [0.5, 0.6) is 5.75 Å². The molecule has 0 saturated heterocycles. The number of benzene rings is 2. The summed E-state index contributed by atoms with van der Waals surface area (Å²) >= 11 is 0. The number of ether oxygens (including phenoxy) is 1. The molecule has 23 heavy (non-hydrogen) atoms. The Morgan fingerprint density at radius 1 is 1.22 bits per heavy atom. The fourth-order valence-corrected chi connectivity index (χ4v) is 4.16. The van der Waals surface area contributed by atoms with Crippen LogP contribution < -0.4 is 9.04 Å². The summed E-state index contributed by atoms with van der Waals surface area (Å²) in [6.07, 6.45) is -0.472. The van der Waals surface area contributed by atoms with Crippen molar-refractivity contribution in [3.8, 4) is 5.75 Å². The Hall–Kier alpha value is -2.12. The molecule has 2 aromatic rings. The van der Waals surface area contributed by atoms with Crippen LogP contribution in [0.4, 0.5) is 10.1 Å². The molecule has 0 aromatic heterocycles. The number of halogens is 1. The van der Waals surface area contributed by atoms with Crippen molar-refractivity contribution in [2.45, 2.75) is 17.4 Å². The third-order valence-corrected chi connectivity index (χ3v) is 5.70. The fraction of sp³-hybridized carbons (Fsp3) is 0.250. The summed E-state index contributed by atoms with van der Waals surface area (Å²) in [6, 6.07) is 9.58. The highest BCUT2D eigenvalue weighted by molar-refractivity contribution is 7.92. The Kier molecular flexibility index (Phi) is 3.99. The third kappa shape index (κ3) is 2.77. The third-order valence-electron chi connectivity index (χ3n) is 3.87. The molecule has 122 valence electrons. The van der Waals surface area contributed by atoms with Gasteiger partial charge in [-0.2, -0.15) is 0 Å². The minimum Gasteiger partial charge on any atom is -0.497 e. The van der Waals surface area contributed by atoms with Gasteiger partial charge in [0.15, 0.2) is 0 Å². The average molecular weight is 337 g/mol. The molecule has 0 radical (unpaired) electrons. The van der Waals surface area contributed by atoms with Crippen LogP contribution in [-0.2, 0) is 10.0 Å². The van der Waals surface area contributed by atoms with Crippen LogP contribution in [0.2, 0.25) is 0 Å². The van der Waals surface area contributed by atoms with Crippen LogP contribution in [0.15, 0.2) is 47.4 Å². The van der Waals surface area contributed by atoms with E-state index in [2.05, 4.69) is 0 Å². The minimum absolute atomic E-state index is 0.0112. The van der Waals surface area contributed by atoms with Crippen molar-refractivity contribution in [1.29, 1.82) is 0 Å². The molecule has 1 aliphatic rings. The van der Waals surface area contributed by atoms with Crippen LogP contribution in [0.25, 0.3) is 0 Å². The van der Waals surface area contributed by atoms with Gasteiger partial charge in [-0.1, -0.05) is 0 Å². The molecule has 5 nitrogen and oxygen atoms in total. The van der Waals surface area contributed by atoms with Crippen LogP contribution >= 0.6 is 0 Å². The number of hydrogen-bond acceptors (Lipinski definition) is 4. The van der Waals surface area contributed by atoms with Gasteiger partial charge in [0.1, 0.15) is 11.6 Å². The predicted octanol–water partition coefficient (Wildman–Crippen LogP) is 2.47. The quantitative estimate of drug-likeness (QED) is 0.934. The lowest BCUT2D eigenvalue weighted by atomic mass is 10.0. The molecule has 0 spiro atoms. The lowest BCUT2D eigenvalue weighted by molar-refractivity contribution is 0.166. The van der Waals surface area contributed by atoms with Gasteiger partial charge < -0.3 is 9.84 Å². The lowest BCUT2D eigenvalue weighted by Gasteiger charge is -2.33. The van der Waals surface area contributed by atoms with Crippen molar-refractivity contribution in [1.82, 2.24) is 0 Å². The summed E-state index contributed by atoms with van der Waals surface area (Å²) in [5, 5.41) is 10.1. The van der Waals surface area contributed by atoms with E-state index in [1.807, 2.05) is 0 Å². The monoisotopic (exact) mass is 337 g/mol. The molecule has 0 aliphatic carbocycles. The van der Waals surface area contributed by atoms with Gasteiger partial charge in [-0.15, -0.1) is 0 Å². The minimum atomic E-state index is -3.82. The van der Waals surface area contributed by atoms with Crippen molar-refractivity contribution >= 4 is 15.7 Å². The summed E-state index contributed by atoms with van der Waals surface area (Å²) in [5.41, 5.74) is 0.912. The Balaban J connectivity index is 2.08. The number of hydrogen-bond donors (Lipinski definition) is 1. The van der Waals surface area contributed by atoms with Crippen molar-refractivity contribution < 1.29 is 22.7 Å². The molecule has 0 bridgehead atoms. The first-order chi connectivity index (χ1) is 10.9. The Bertz CT molecular complexity index is 820. The van der Waals surface area contributed by atoms with Crippen LogP contribution in [0, 0.1) is 5.82 Å². The van der Waals surface area contributed by atoms with Crippen LogP contribution in [-0.4, -0.2) is 27.2 Å². The van der Waals surface area contributed by atoms with E-state index in [-0.39, 0.29) is 17.9 Å². The maximum absolute atomic E-state index is 13.0. The number of anilines is 1. The molecule has 1 atom stereocenters. The SMILES string of the molecule is COc1ccc2c(c1)C(O)CCN2S(=O)(=O)c1ccc(F)cc1. The molecule has 1 unspecified atom stereocenters. The summed E-state index contributed by atoms with van der Waals surface area (Å²) in [6.45, 7) is 0.153. The molecular weight excluding hydrogens is 321 g/mol. The van der Waals surface area contributed by atoms with Gasteiger partial charge in [0.25, 0.3) is 10.0 Å². The molecular formula is C16H16FNO4S. The number of aliphatic hydroxyl groups excluding tert-OH is 1. The Morgan fingerprint density at radius 3 is 2.57 bits per heavy atom. The van der Waals surface area contributed by atoms with Crippen molar-refractivity contribution in [3.05, 3.63) is 53.8 Å². The molecule has 1 aliphatic heterocycles. The highest BCUT2D eigenvalue weighted by Crippen LogP contribution is 2.38. The second-order valence-electron chi connectivity index (χ2n) is 5.26. The number of rotatable bonds is 3. The number of methoxy groups -OCH3 is 1. The summed E-state index contributed by atoms with van der Waals surface area (Å²) in [7, 11) is -2.32. The van der Waals surface area contributed by atoms with Crippen LogP contribution in [0.1, 0.15) is 18.1 Å². The zero-order chi connectivity index (χ0) is 16.6. The summed E-state index contributed by atoms with van der Waals surface area (Å²) in [4.78, 5) is 0.0112. The fourth-order valence-electron chi connectivity index (χ4n) is 2.65. The maximum Gasteiger partial charge on any atom is 0.264 e. The number of sulfonamides is 1. The zero-order valence-corrected chi connectivity index (χ0v) is 13.3. The largest absolute Gasteiger partial charge is 0.497 e. The van der Waals surface area contributed by atoms with E-state index in [0.29, 0.717) is 17.0 Å². The van der Waals surface area contributed by atoms with Gasteiger partial charge in [0, 0.05) is 12.1 Å². The smallest absolute Gasteiger partial charge is 0.264 e. The van der Waals surface area contributed by atoms with E-state index in [0.717, 1.165) is 12.1 Å². The second kappa shape index (κ2) is 5.82. The van der Waals surface area contributed by atoms with Crippen molar-refractivity contribution in [3.63, 3.8) is 0 Å². The van der Waals surface area contributed by atoms with Gasteiger partial charge in [0.2, 0.25) is 0 Å². The van der Waals surface area contributed by atoms with E-state index in [1.54, 1.807) is 18.2 Å². The molecule has 2 aromatic carbocycles. The molecule has 7 heteroatoms. The summed E-state index contributed by atoms with van der Waals surface area (Å²) < 4.78 is 45.0. The van der Waals surface area contributed by atoms with E-state index < -0.39 is 21.9 Å². The van der Waals surface area contributed by atoms with E-state index in [4.69, 9.17) is 4.74 Å². The highest BCUT2D eigenvalue weighted by atomic mass is 32.2. The first kappa shape index (κ1) is 15.8. The Morgan fingerprint density at radius 2 is 1.91 bits per heavy atom. The van der Waals surface area contributed by atoms with Crippen molar-refractivity contribution in [2.75, 3.05) is 18.0 Å². The van der Waals surface area contributed by atoms with Crippen LogP contribution in [0.3, 0.4) is 0 Å². The molecule has 0 saturated carbocycles. The molecule has 3 rings (SSSR count). The molecule has 0 amide bonds. The van der Waals surface area contributed by atoms with Crippen molar-refractivity contribution in [2.24, 2.45) is 0 Å². The van der Waals surface area contributed by atoms with E-state index in [1.165, 1.54) is 23.5 Å². The molecule has 1 heterocycles. The first-order valence-corrected chi connectivity index (χ1v) is 8.52. The summed E-state index contributed by atoms with van der Waals surface area (Å²) in [5.74, 6) is 0.0481. The lowest BCUT2D eigenvalue weighted by Crippen LogP contribution is -2.36. The van der Waals surface area contributed by atoms with Gasteiger partial charge in [-0.05, 0) is 48.9 Å². The second-order valence-corrected chi connectivity index (χ2v) is 7.12. The number of nitrogens with zero attached hydrogens (tertiary/aromatic N) is 1. The number of aliphatic hydroxyl groups is 1. The highest BCUT2D eigenvalue weighted by Gasteiger charge is 2.32. The number of fused-ring (bicyclic) bond motifs is 1. The normalized spacial score (nSPS) is 17.7. The first-order valence-electron chi connectivity index (χ1n) is 7.08. The maximum atomic E-state index is 13.0. The molecule has 0 fully saturated rings. The van der Waals surface area contributed by atoms with Gasteiger partial charge >= 0.3 is 0 Å². The van der Waals surface area contributed by atoms with Gasteiger partial charge in [0.05, 0.1) is 23.8 Å². The zero-order valence-electron chi connectivity index (χ0n) is 12.4. The van der Waals surface area contributed by atoms with E-state index in [9.17, 15) is 17.9 Å². The molecule has 1 N–H and O–H groups in total. The standard InChI is InChI=1S/C16H16FNO4S/c1-22-12-4-7-15-14(10-12)16(19)8-9-18(15)23(20,21)13-5-2-11(17)3-6-13/h2-7,10,16,19H,8-9H2,1H3. The predicted molar refractivity (Wildman–Crippen MR) is 83.5 cm³/mol.